The zero-order valence-corrected chi connectivity index (χ0v) is 8.49. The Hall–Kier alpha value is -1.18. The number of hydrogen-bond donors (Lipinski definition) is 1. The number of rotatable bonds is 3. The van der Waals surface area contributed by atoms with Gasteiger partial charge in [-0.3, -0.25) is 0 Å². The molecule has 2 heteroatoms. The Bertz CT molecular complexity index is 320. The molecule has 0 fully saturated rings. The molecule has 1 aromatic rings. The summed E-state index contributed by atoms with van der Waals surface area (Å²) in [6, 6.07) is 5.38. The van der Waals surface area contributed by atoms with E-state index < -0.39 is 0 Å². The standard InChI is InChI=1S/C12H16O2/c1-2-3-4-9-8-14-12-6-5-10(13)7-11(9)12/h5-7,9,13H,2-4,8H2,1H3. The van der Waals surface area contributed by atoms with Crippen molar-refractivity contribution in [3.63, 3.8) is 0 Å². The van der Waals surface area contributed by atoms with Gasteiger partial charge < -0.3 is 9.84 Å². The lowest BCUT2D eigenvalue weighted by atomic mass is 9.95. The van der Waals surface area contributed by atoms with Gasteiger partial charge in [0.1, 0.15) is 11.5 Å². The lowest BCUT2D eigenvalue weighted by molar-refractivity contribution is 0.323. The van der Waals surface area contributed by atoms with Crippen LogP contribution in [0.2, 0.25) is 0 Å². The molecule has 1 aliphatic heterocycles. The van der Waals surface area contributed by atoms with Gasteiger partial charge in [0.05, 0.1) is 6.61 Å². The molecule has 2 rings (SSSR count). The topological polar surface area (TPSA) is 29.5 Å². The van der Waals surface area contributed by atoms with E-state index in [9.17, 15) is 5.11 Å². The molecule has 0 bridgehead atoms. The second-order valence-electron chi connectivity index (χ2n) is 3.87. The molecule has 0 amide bonds. The predicted octanol–water partition coefficient (Wildman–Crippen LogP) is 3.06. The van der Waals surface area contributed by atoms with Crippen LogP contribution in [-0.2, 0) is 0 Å². The Labute approximate surface area is 84.5 Å². The van der Waals surface area contributed by atoms with Crippen molar-refractivity contribution < 1.29 is 9.84 Å². The number of benzene rings is 1. The molecule has 1 aliphatic rings. The van der Waals surface area contributed by atoms with Crippen LogP contribution >= 0.6 is 0 Å². The zero-order chi connectivity index (χ0) is 9.97. The molecule has 76 valence electrons. The van der Waals surface area contributed by atoms with Crippen LogP contribution < -0.4 is 4.74 Å². The Morgan fingerprint density at radius 1 is 1.50 bits per heavy atom. The SMILES string of the molecule is CCCCC1COc2ccc(O)cc21. The first-order valence-corrected chi connectivity index (χ1v) is 5.27. The van der Waals surface area contributed by atoms with Crippen LogP contribution in [0.25, 0.3) is 0 Å². The zero-order valence-electron chi connectivity index (χ0n) is 8.49. The number of phenolic OH excluding ortho intramolecular Hbond substituents is 1. The molecular weight excluding hydrogens is 176 g/mol. The summed E-state index contributed by atoms with van der Waals surface area (Å²) in [4.78, 5) is 0. The number of aromatic hydroxyl groups is 1. The largest absolute Gasteiger partial charge is 0.508 e. The van der Waals surface area contributed by atoms with Gasteiger partial charge in [-0.2, -0.15) is 0 Å². The maximum Gasteiger partial charge on any atom is 0.123 e. The second kappa shape index (κ2) is 3.91. The first kappa shape index (κ1) is 9.38. The van der Waals surface area contributed by atoms with Crippen LogP contribution in [0.4, 0.5) is 0 Å². The Morgan fingerprint density at radius 3 is 3.14 bits per heavy atom. The molecule has 1 N–H and O–H groups in total. The molecule has 0 aromatic heterocycles. The molecule has 1 unspecified atom stereocenters. The first-order valence-electron chi connectivity index (χ1n) is 5.27. The van der Waals surface area contributed by atoms with Crippen molar-refractivity contribution in [2.45, 2.75) is 32.1 Å². The fourth-order valence-corrected chi connectivity index (χ4v) is 1.96. The van der Waals surface area contributed by atoms with Gasteiger partial charge >= 0.3 is 0 Å². The smallest absolute Gasteiger partial charge is 0.123 e. The van der Waals surface area contributed by atoms with E-state index in [2.05, 4.69) is 6.92 Å². The molecule has 1 heterocycles. The quantitative estimate of drug-likeness (QED) is 0.797. The summed E-state index contributed by atoms with van der Waals surface area (Å²) in [5.74, 6) is 1.77. The third-order valence-electron chi connectivity index (χ3n) is 2.78. The summed E-state index contributed by atoms with van der Waals surface area (Å²) in [6.45, 7) is 2.97. The number of ether oxygens (including phenoxy) is 1. The summed E-state index contributed by atoms with van der Waals surface area (Å²) in [7, 11) is 0. The van der Waals surface area contributed by atoms with Crippen LogP contribution in [0.5, 0.6) is 11.5 Å². The summed E-state index contributed by atoms with van der Waals surface area (Å²) in [5, 5.41) is 9.38. The van der Waals surface area contributed by atoms with Gasteiger partial charge in [-0.05, 0) is 24.6 Å². The molecule has 14 heavy (non-hydrogen) atoms. The lowest BCUT2D eigenvalue weighted by Crippen LogP contribution is -1.99. The maximum absolute atomic E-state index is 9.38. The molecule has 1 atom stereocenters. The minimum Gasteiger partial charge on any atom is -0.508 e. The predicted molar refractivity (Wildman–Crippen MR) is 55.9 cm³/mol. The summed E-state index contributed by atoms with van der Waals surface area (Å²) in [6.07, 6.45) is 3.60. The van der Waals surface area contributed by atoms with E-state index in [0.29, 0.717) is 11.7 Å². The van der Waals surface area contributed by atoms with Gasteiger partial charge in [0.15, 0.2) is 0 Å². The van der Waals surface area contributed by atoms with Gasteiger partial charge in [0, 0.05) is 11.5 Å². The number of hydrogen-bond acceptors (Lipinski definition) is 2. The Kier molecular flexibility index (Phi) is 2.62. The highest BCUT2D eigenvalue weighted by Crippen LogP contribution is 2.38. The second-order valence-corrected chi connectivity index (χ2v) is 3.87. The number of unbranched alkanes of at least 4 members (excludes halogenated alkanes) is 1. The van der Waals surface area contributed by atoms with E-state index in [0.717, 1.165) is 18.8 Å². The van der Waals surface area contributed by atoms with Gasteiger partial charge in [0.2, 0.25) is 0 Å². The van der Waals surface area contributed by atoms with E-state index in [1.807, 2.05) is 12.1 Å². The van der Waals surface area contributed by atoms with Crippen LogP contribution in [0.1, 0.15) is 37.7 Å². The van der Waals surface area contributed by atoms with E-state index in [-0.39, 0.29) is 0 Å². The molecule has 0 saturated carbocycles. The normalized spacial score (nSPS) is 19.1. The van der Waals surface area contributed by atoms with Crippen molar-refractivity contribution in [3.05, 3.63) is 23.8 Å². The van der Waals surface area contributed by atoms with Crippen molar-refractivity contribution >= 4 is 0 Å². The van der Waals surface area contributed by atoms with Crippen molar-refractivity contribution in [3.8, 4) is 11.5 Å². The van der Waals surface area contributed by atoms with Gasteiger partial charge in [-0.15, -0.1) is 0 Å². The maximum atomic E-state index is 9.38. The van der Waals surface area contributed by atoms with Crippen molar-refractivity contribution in [1.82, 2.24) is 0 Å². The van der Waals surface area contributed by atoms with Crippen LogP contribution in [0.15, 0.2) is 18.2 Å². The van der Waals surface area contributed by atoms with E-state index >= 15 is 0 Å². The minimum atomic E-state index is 0.343. The number of fused-ring (bicyclic) bond motifs is 1. The van der Waals surface area contributed by atoms with Crippen molar-refractivity contribution in [1.29, 1.82) is 0 Å². The molecule has 0 radical (unpaired) electrons. The Morgan fingerprint density at radius 2 is 2.36 bits per heavy atom. The van der Waals surface area contributed by atoms with Crippen LogP contribution in [0, 0.1) is 0 Å². The van der Waals surface area contributed by atoms with Gasteiger partial charge in [-0.25, -0.2) is 0 Å². The van der Waals surface area contributed by atoms with Crippen LogP contribution in [-0.4, -0.2) is 11.7 Å². The monoisotopic (exact) mass is 192 g/mol. The summed E-state index contributed by atoms with van der Waals surface area (Å²) >= 11 is 0. The minimum absolute atomic E-state index is 0.343. The average Bonchev–Trinajstić information content (AvgIpc) is 2.57. The van der Waals surface area contributed by atoms with E-state index in [1.165, 1.54) is 18.4 Å². The molecule has 0 spiro atoms. The van der Waals surface area contributed by atoms with Crippen molar-refractivity contribution in [2.75, 3.05) is 6.61 Å². The highest BCUT2D eigenvalue weighted by molar-refractivity contribution is 5.44. The fourth-order valence-electron chi connectivity index (χ4n) is 1.96. The average molecular weight is 192 g/mol. The molecule has 1 aromatic carbocycles. The lowest BCUT2D eigenvalue weighted by Gasteiger charge is -2.07. The van der Waals surface area contributed by atoms with Gasteiger partial charge in [0.25, 0.3) is 0 Å². The third kappa shape index (κ3) is 1.69. The van der Waals surface area contributed by atoms with Crippen LogP contribution in [0.3, 0.4) is 0 Å². The Balaban J connectivity index is 2.16. The highest BCUT2D eigenvalue weighted by atomic mass is 16.5. The highest BCUT2D eigenvalue weighted by Gasteiger charge is 2.23. The molecule has 0 aliphatic carbocycles. The molecular formula is C12H16O2. The van der Waals surface area contributed by atoms with Gasteiger partial charge in [-0.1, -0.05) is 19.8 Å². The van der Waals surface area contributed by atoms with Crippen molar-refractivity contribution in [2.24, 2.45) is 0 Å². The summed E-state index contributed by atoms with van der Waals surface area (Å²) in [5.41, 5.74) is 1.18. The summed E-state index contributed by atoms with van der Waals surface area (Å²) < 4.78 is 5.55. The number of phenols is 1. The van der Waals surface area contributed by atoms with E-state index in [4.69, 9.17) is 4.74 Å². The first-order chi connectivity index (χ1) is 6.81. The molecule has 2 nitrogen and oxygen atoms in total. The fraction of sp³-hybridized carbons (Fsp3) is 0.500. The third-order valence-corrected chi connectivity index (χ3v) is 2.78. The molecule has 0 saturated heterocycles. The van der Waals surface area contributed by atoms with E-state index in [1.54, 1.807) is 6.07 Å².